The van der Waals surface area contributed by atoms with Crippen LogP contribution in [-0.2, 0) is 0 Å². The minimum Gasteiger partial charge on any atom is -0.253 e. The third-order valence-corrected chi connectivity index (χ3v) is 2.77. The quantitative estimate of drug-likeness (QED) is 0.667. The summed E-state index contributed by atoms with van der Waals surface area (Å²) < 4.78 is 13.4. The smallest absolute Gasteiger partial charge is 0.149 e. The molecule has 1 nitrogen and oxygen atoms in total. The first-order valence-corrected chi connectivity index (χ1v) is 4.89. The lowest BCUT2D eigenvalue weighted by molar-refractivity contribution is 0.636. The highest BCUT2D eigenvalue weighted by atomic mass is 19.1. The van der Waals surface area contributed by atoms with Gasteiger partial charge in [-0.05, 0) is 36.5 Å². The van der Waals surface area contributed by atoms with E-state index in [-0.39, 0.29) is 5.82 Å². The van der Waals surface area contributed by atoms with E-state index in [4.69, 9.17) is 0 Å². The lowest BCUT2D eigenvalue weighted by Gasteiger charge is -2.04. The van der Waals surface area contributed by atoms with Crippen LogP contribution in [0.1, 0.15) is 24.3 Å². The Morgan fingerprint density at radius 2 is 2.07 bits per heavy atom. The Bertz CT molecular complexity index is 489. The van der Waals surface area contributed by atoms with Crippen molar-refractivity contribution in [3.05, 3.63) is 41.8 Å². The van der Waals surface area contributed by atoms with E-state index in [1.54, 1.807) is 12.3 Å². The van der Waals surface area contributed by atoms with Gasteiger partial charge in [-0.1, -0.05) is 12.1 Å². The number of hydrogen-bond acceptors (Lipinski definition) is 1. The number of para-hydroxylation sites is 1. The third-order valence-electron chi connectivity index (χ3n) is 2.77. The number of pyridine rings is 1. The van der Waals surface area contributed by atoms with Gasteiger partial charge in [-0.3, -0.25) is 4.98 Å². The van der Waals surface area contributed by atoms with Crippen molar-refractivity contribution in [3.8, 4) is 0 Å². The molecule has 0 spiro atoms. The van der Waals surface area contributed by atoms with Gasteiger partial charge in [0.15, 0.2) is 0 Å². The van der Waals surface area contributed by atoms with E-state index in [9.17, 15) is 4.39 Å². The molecular formula is C12H10FN. The summed E-state index contributed by atoms with van der Waals surface area (Å²) in [6, 6.07) is 7.19. The Balaban J connectivity index is 2.35. The highest BCUT2D eigenvalue weighted by Crippen LogP contribution is 2.42. The SMILES string of the molecule is Fc1cccc2c(C3CC3)ccnc12. The van der Waals surface area contributed by atoms with Crippen LogP contribution in [0.5, 0.6) is 0 Å². The number of nitrogens with zero attached hydrogens (tertiary/aromatic N) is 1. The summed E-state index contributed by atoms with van der Waals surface area (Å²) in [4.78, 5) is 4.08. The molecule has 1 saturated carbocycles. The fourth-order valence-electron chi connectivity index (χ4n) is 1.91. The maximum atomic E-state index is 13.4. The first kappa shape index (κ1) is 7.92. The molecular weight excluding hydrogens is 177 g/mol. The predicted octanol–water partition coefficient (Wildman–Crippen LogP) is 3.25. The lowest BCUT2D eigenvalue weighted by Crippen LogP contribution is -1.88. The van der Waals surface area contributed by atoms with Crippen molar-refractivity contribution in [1.29, 1.82) is 0 Å². The Morgan fingerprint density at radius 3 is 2.86 bits per heavy atom. The van der Waals surface area contributed by atoms with Crippen LogP contribution in [0.2, 0.25) is 0 Å². The van der Waals surface area contributed by atoms with E-state index in [1.807, 2.05) is 12.1 Å². The van der Waals surface area contributed by atoms with Crippen LogP contribution in [0.15, 0.2) is 30.5 Å². The zero-order valence-electron chi connectivity index (χ0n) is 7.70. The molecule has 1 aromatic heterocycles. The molecule has 1 fully saturated rings. The molecule has 70 valence electrons. The topological polar surface area (TPSA) is 12.9 Å². The second-order valence-corrected chi connectivity index (χ2v) is 3.81. The normalized spacial score (nSPS) is 16.1. The van der Waals surface area contributed by atoms with Crippen molar-refractivity contribution in [1.82, 2.24) is 4.98 Å². The fraction of sp³-hybridized carbons (Fsp3) is 0.250. The monoisotopic (exact) mass is 187 g/mol. The number of halogens is 1. The number of benzene rings is 1. The molecule has 3 rings (SSSR count). The Morgan fingerprint density at radius 1 is 1.21 bits per heavy atom. The average molecular weight is 187 g/mol. The van der Waals surface area contributed by atoms with Gasteiger partial charge in [0.2, 0.25) is 0 Å². The van der Waals surface area contributed by atoms with Crippen LogP contribution in [0.4, 0.5) is 4.39 Å². The molecule has 1 aliphatic carbocycles. The van der Waals surface area contributed by atoms with Crippen LogP contribution < -0.4 is 0 Å². The summed E-state index contributed by atoms with van der Waals surface area (Å²) in [5.41, 5.74) is 1.77. The van der Waals surface area contributed by atoms with Crippen LogP contribution >= 0.6 is 0 Å². The van der Waals surface area contributed by atoms with Gasteiger partial charge < -0.3 is 0 Å². The molecule has 0 unspecified atom stereocenters. The Hall–Kier alpha value is -1.44. The van der Waals surface area contributed by atoms with E-state index in [0.29, 0.717) is 11.4 Å². The summed E-state index contributed by atoms with van der Waals surface area (Å²) in [6.07, 6.45) is 4.17. The van der Waals surface area contributed by atoms with Crippen molar-refractivity contribution in [2.24, 2.45) is 0 Å². The maximum Gasteiger partial charge on any atom is 0.149 e. The second-order valence-electron chi connectivity index (χ2n) is 3.81. The van der Waals surface area contributed by atoms with Crippen molar-refractivity contribution in [2.75, 3.05) is 0 Å². The van der Waals surface area contributed by atoms with Gasteiger partial charge in [-0.15, -0.1) is 0 Å². The van der Waals surface area contributed by atoms with E-state index in [0.717, 1.165) is 5.39 Å². The van der Waals surface area contributed by atoms with Gasteiger partial charge in [-0.25, -0.2) is 4.39 Å². The van der Waals surface area contributed by atoms with Crippen LogP contribution in [0, 0.1) is 5.82 Å². The summed E-state index contributed by atoms with van der Waals surface area (Å²) in [7, 11) is 0. The standard InChI is InChI=1S/C12H10FN/c13-11-3-1-2-10-9(8-4-5-8)6-7-14-12(10)11/h1-3,6-8H,4-5H2. The molecule has 0 bridgehead atoms. The number of rotatable bonds is 1. The van der Waals surface area contributed by atoms with Gasteiger partial charge in [0.25, 0.3) is 0 Å². The molecule has 1 aliphatic rings. The fourth-order valence-corrected chi connectivity index (χ4v) is 1.91. The van der Waals surface area contributed by atoms with Crippen molar-refractivity contribution < 1.29 is 4.39 Å². The number of hydrogen-bond donors (Lipinski definition) is 0. The van der Waals surface area contributed by atoms with Gasteiger partial charge in [0, 0.05) is 11.6 Å². The average Bonchev–Trinajstić information content (AvgIpc) is 3.01. The van der Waals surface area contributed by atoms with E-state index in [2.05, 4.69) is 4.98 Å². The molecule has 0 atom stereocenters. The molecule has 0 aliphatic heterocycles. The van der Waals surface area contributed by atoms with E-state index < -0.39 is 0 Å². The lowest BCUT2D eigenvalue weighted by atomic mass is 10.1. The zero-order valence-corrected chi connectivity index (χ0v) is 7.70. The van der Waals surface area contributed by atoms with E-state index >= 15 is 0 Å². The largest absolute Gasteiger partial charge is 0.253 e. The van der Waals surface area contributed by atoms with Crippen molar-refractivity contribution >= 4 is 10.9 Å². The molecule has 14 heavy (non-hydrogen) atoms. The maximum absolute atomic E-state index is 13.4. The molecule has 0 amide bonds. The second kappa shape index (κ2) is 2.77. The van der Waals surface area contributed by atoms with Gasteiger partial charge in [0.1, 0.15) is 11.3 Å². The van der Waals surface area contributed by atoms with Crippen LogP contribution in [0.3, 0.4) is 0 Å². The summed E-state index contributed by atoms with van der Waals surface area (Å²) in [5, 5.41) is 0.981. The molecule has 2 aromatic rings. The molecule has 0 radical (unpaired) electrons. The highest BCUT2D eigenvalue weighted by molar-refractivity contribution is 5.83. The van der Waals surface area contributed by atoms with Gasteiger partial charge in [0.05, 0.1) is 0 Å². The third kappa shape index (κ3) is 1.10. The molecule has 0 N–H and O–H groups in total. The first-order valence-electron chi connectivity index (χ1n) is 4.89. The number of aromatic nitrogens is 1. The summed E-state index contributed by atoms with van der Waals surface area (Å²) in [5.74, 6) is 0.423. The van der Waals surface area contributed by atoms with Gasteiger partial charge >= 0.3 is 0 Å². The van der Waals surface area contributed by atoms with Gasteiger partial charge in [-0.2, -0.15) is 0 Å². The van der Waals surface area contributed by atoms with Crippen LogP contribution in [0.25, 0.3) is 10.9 Å². The zero-order chi connectivity index (χ0) is 9.54. The number of fused-ring (bicyclic) bond motifs is 1. The predicted molar refractivity (Wildman–Crippen MR) is 53.7 cm³/mol. The highest BCUT2D eigenvalue weighted by Gasteiger charge is 2.25. The Kier molecular flexibility index (Phi) is 1.57. The minimum atomic E-state index is -0.218. The molecule has 0 saturated heterocycles. The minimum absolute atomic E-state index is 0.218. The summed E-state index contributed by atoms with van der Waals surface area (Å²) >= 11 is 0. The Labute approximate surface area is 81.6 Å². The van der Waals surface area contributed by atoms with Crippen LogP contribution in [-0.4, -0.2) is 4.98 Å². The molecule has 1 heterocycles. The van der Waals surface area contributed by atoms with E-state index in [1.165, 1.54) is 24.5 Å². The molecule has 2 heteroatoms. The summed E-state index contributed by atoms with van der Waals surface area (Å²) in [6.45, 7) is 0. The first-order chi connectivity index (χ1) is 6.86. The van der Waals surface area contributed by atoms with Crippen molar-refractivity contribution in [2.45, 2.75) is 18.8 Å². The molecule has 1 aromatic carbocycles. The van der Waals surface area contributed by atoms with Crippen molar-refractivity contribution in [3.63, 3.8) is 0 Å².